The molecule has 0 saturated carbocycles. The molecule has 0 heterocycles. The number of ether oxygens (including phenoxy) is 2. The highest BCUT2D eigenvalue weighted by atomic mass is 16.5. The summed E-state index contributed by atoms with van der Waals surface area (Å²) >= 11 is 0. The molecule has 3 aromatic rings. The molecule has 3 aromatic carbocycles. The van der Waals surface area contributed by atoms with Crippen LogP contribution in [-0.2, 0) is 13.2 Å². The van der Waals surface area contributed by atoms with Crippen molar-refractivity contribution < 1.29 is 9.47 Å². The van der Waals surface area contributed by atoms with Crippen molar-refractivity contribution in [3.8, 4) is 11.5 Å². The van der Waals surface area contributed by atoms with Crippen molar-refractivity contribution in [2.24, 2.45) is 21.5 Å². The molecule has 7 nitrogen and oxygen atoms in total. The van der Waals surface area contributed by atoms with E-state index in [4.69, 9.17) is 20.9 Å². The number of aliphatic imine (C=N–C) groups is 2. The van der Waals surface area contributed by atoms with Gasteiger partial charge in [0.15, 0.2) is 11.5 Å². The summed E-state index contributed by atoms with van der Waals surface area (Å²) in [5.41, 5.74) is 14.3. The van der Waals surface area contributed by atoms with Crippen molar-refractivity contribution >= 4 is 17.6 Å². The molecule has 0 amide bonds. The van der Waals surface area contributed by atoms with Gasteiger partial charge in [-0.2, -0.15) is 4.99 Å². The van der Waals surface area contributed by atoms with Crippen LogP contribution in [0.1, 0.15) is 11.1 Å². The van der Waals surface area contributed by atoms with Gasteiger partial charge in [-0.1, -0.05) is 60.7 Å². The van der Waals surface area contributed by atoms with E-state index in [0.717, 1.165) is 11.1 Å². The van der Waals surface area contributed by atoms with Crippen molar-refractivity contribution in [1.29, 1.82) is 0 Å². The van der Waals surface area contributed by atoms with Gasteiger partial charge in [0.05, 0.1) is 0 Å². The van der Waals surface area contributed by atoms with Crippen LogP contribution in [0.4, 0.5) is 5.69 Å². The number of guanidine groups is 2. The van der Waals surface area contributed by atoms with Crippen LogP contribution in [0.25, 0.3) is 0 Å². The number of benzene rings is 3. The predicted octanol–water partition coefficient (Wildman–Crippen LogP) is 3.52. The molecule has 5 N–H and O–H groups in total. The SMILES string of the molecule is CN=C(N)/N=C(\N)Nc1ccc(OCc2ccccc2)c(OCc2ccccc2)c1. The Balaban J connectivity index is 1.78. The van der Waals surface area contributed by atoms with Gasteiger partial charge < -0.3 is 26.3 Å². The van der Waals surface area contributed by atoms with Gasteiger partial charge in [0.25, 0.3) is 0 Å². The minimum atomic E-state index is 0.0864. The zero-order valence-corrected chi connectivity index (χ0v) is 16.8. The number of hydrogen-bond acceptors (Lipinski definition) is 3. The van der Waals surface area contributed by atoms with Crippen molar-refractivity contribution in [3.05, 3.63) is 90.0 Å². The Kier molecular flexibility index (Phi) is 7.27. The first-order valence-electron chi connectivity index (χ1n) is 9.45. The van der Waals surface area contributed by atoms with Gasteiger partial charge in [0, 0.05) is 18.8 Å². The second kappa shape index (κ2) is 10.5. The first-order chi connectivity index (χ1) is 14.6. The molecule has 0 bridgehead atoms. The second-order valence-corrected chi connectivity index (χ2v) is 6.41. The fourth-order valence-corrected chi connectivity index (χ4v) is 2.64. The minimum absolute atomic E-state index is 0.0864. The minimum Gasteiger partial charge on any atom is -0.485 e. The van der Waals surface area contributed by atoms with E-state index >= 15 is 0 Å². The third kappa shape index (κ3) is 6.27. The monoisotopic (exact) mass is 403 g/mol. The molecular formula is C23H25N5O2. The molecule has 0 unspecified atom stereocenters. The maximum Gasteiger partial charge on any atom is 0.218 e. The lowest BCUT2D eigenvalue weighted by Crippen LogP contribution is -2.26. The molecule has 7 heteroatoms. The molecule has 0 aliphatic rings. The van der Waals surface area contributed by atoms with Crippen molar-refractivity contribution in [2.75, 3.05) is 12.4 Å². The molecule has 0 aliphatic carbocycles. The molecule has 0 atom stereocenters. The van der Waals surface area contributed by atoms with Gasteiger partial charge in [0.2, 0.25) is 11.9 Å². The molecule has 3 rings (SSSR count). The molecule has 0 spiro atoms. The topological polar surface area (TPSA) is 107 Å². The van der Waals surface area contributed by atoms with Crippen LogP contribution < -0.4 is 26.3 Å². The molecule has 30 heavy (non-hydrogen) atoms. The van der Waals surface area contributed by atoms with Crippen LogP contribution in [0.2, 0.25) is 0 Å². The summed E-state index contributed by atoms with van der Waals surface area (Å²) in [6, 6.07) is 25.3. The highest BCUT2D eigenvalue weighted by Crippen LogP contribution is 2.32. The van der Waals surface area contributed by atoms with Gasteiger partial charge in [-0.25, -0.2) is 0 Å². The fourth-order valence-electron chi connectivity index (χ4n) is 2.64. The van der Waals surface area contributed by atoms with E-state index in [1.807, 2.05) is 78.9 Å². The molecule has 0 radical (unpaired) electrons. The smallest absolute Gasteiger partial charge is 0.218 e. The molecule has 0 aliphatic heterocycles. The Morgan fingerprint density at radius 1 is 0.800 bits per heavy atom. The zero-order chi connectivity index (χ0) is 21.2. The van der Waals surface area contributed by atoms with Gasteiger partial charge >= 0.3 is 0 Å². The van der Waals surface area contributed by atoms with Crippen LogP contribution in [0.5, 0.6) is 11.5 Å². The summed E-state index contributed by atoms with van der Waals surface area (Å²) in [5, 5.41) is 2.98. The average molecular weight is 403 g/mol. The Morgan fingerprint density at radius 2 is 1.37 bits per heavy atom. The van der Waals surface area contributed by atoms with Crippen molar-refractivity contribution in [3.63, 3.8) is 0 Å². The van der Waals surface area contributed by atoms with E-state index < -0.39 is 0 Å². The maximum atomic E-state index is 6.04. The number of anilines is 1. The normalized spacial score (nSPS) is 11.8. The molecule has 0 saturated heterocycles. The largest absolute Gasteiger partial charge is 0.485 e. The summed E-state index contributed by atoms with van der Waals surface area (Å²) in [4.78, 5) is 7.71. The summed E-state index contributed by atoms with van der Waals surface area (Å²) < 4.78 is 12.0. The van der Waals surface area contributed by atoms with Gasteiger partial charge in [-0.15, -0.1) is 0 Å². The maximum absolute atomic E-state index is 6.04. The zero-order valence-electron chi connectivity index (χ0n) is 16.8. The standard InChI is InChI=1S/C23H25N5O2/c1-26-22(24)28-23(25)27-19-12-13-20(29-15-17-8-4-2-5-9-17)21(14-19)30-16-18-10-6-3-7-11-18/h2-14H,15-16H2,1H3,(H5,24,25,26,27,28). The Bertz CT molecular complexity index is 1000. The number of hydrogen-bond donors (Lipinski definition) is 3. The summed E-state index contributed by atoms with van der Waals surface area (Å²) in [6.07, 6.45) is 0. The third-order valence-corrected chi connectivity index (χ3v) is 4.15. The summed E-state index contributed by atoms with van der Waals surface area (Å²) in [6.45, 7) is 0.841. The number of nitrogens with zero attached hydrogens (tertiary/aromatic N) is 2. The molecule has 154 valence electrons. The highest BCUT2D eigenvalue weighted by molar-refractivity contribution is 6.00. The molecular weight excluding hydrogens is 378 g/mol. The summed E-state index contributed by atoms with van der Waals surface area (Å²) in [5.74, 6) is 1.43. The van der Waals surface area contributed by atoms with Crippen molar-refractivity contribution in [2.45, 2.75) is 13.2 Å². The van der Waals surface area contributed by atoms with E-state index in [-0.39, 0.29) is 11.9 Å². The first kappa shape index (κ1) is 20.7. The number of nitrogens with one attached hydrogen (secondary N) is 1. The molecule has 0 aromatic heterocycles. The van der Waals surface area contributed by atoms with E-state index in [1.54, 1.807) is 7.05 Å². The third-order valence-electron chi connectivity index (χ3n) is 4.15. The van der Waals surface area contributed by atoms with Crippen molar-refractivity contribution in [1.82, 2.24) is 0 Å². The van der Waals surface area contributed by atoms with E-state index in [2.05, 4.69) is 15.3 Å². The Labute approximate surface area is 176 Å². The van der Waals surface area contributed by atoms with E-state index in [1.165, 1.54) is 0 Å². The van der Waals surface area contributed by atoms with E-state index in [0.29, 0.717) is 30.4 Å². The average Bonchev–Trinajstić information content (AvgIpc) is 2.78. The lowest BCUT2D eigenvalue weighted by Gasteiger charge is -2.15. The van der Waals surface area contributed by atoms with Crippen LogP contribution in [0.15, 0.2) is 88.8 Å². The highest BCUT2D eigenvalue weighted by Gasteiger charge is 2.09. The van der Waals surface area contributed by atoms with E-state index in [9.17, 15) is 0 Å². The van der Waals surface area contributed by atoms with Crippen LogP contribution in [0, 0.1) is 0 Å². The quantitative estimate of drug-likeness (QED) is 0.413. The van der Waals surface area contributed by atoms with Crippen LogP contribution in [0.3, 0.4) is 0 Å². The van der Waals surface area contributed by atoms with Gasteiger partial charge in [-0.05, 0) is 23.3 Å². The predicted molar refractivity (Wildman–Crippen MR) is 121 cm³/mol. The van der Waals surface area contributed by atoms with Crippen LogP contribution >= 0.6 is 0 Å². The van der Waals surface area contributed by atoms with Gasteiger partial charge in [-0.3, -0.25) is 4.99 Å². The second-order valence-electron chi connectivity index (χ2n) is 6.41. The summed E-state index contributed by atoms with van der Waals surface area (Å²) in [7, 11) is 1.54. The molecule has 0 fully saturated rings. The lowest BCUT2D eigenvalue weighted by molar-refractivity contribution is 0.256. The Morgan fingerprint density at radius 3 is 1.93 bits per heavy atom. The van der Waals surface area contributed by atoms with Gasteiger partial charge in [0.1, 0.15) is 13.2 Å². The first-order valence-corrected chi connectivity index (χ1v) is 9.45. The number of nitrogens with two attached hydrogens (primary N) is 2. The number of rotatable bonds is 7. The fraction of sp³-hybridized carbons (Fsp3) is 0.130. The lowest BCUT2D eigenvalue weighted by atomic mass is 10.2. The van der Waals surface area contributed by atoms with Crippen LogP contribution in [-0.4, -0.2) is 19.0 Å². The Hall–Kier alpha value is -4.00.